The highest BCUT2D eigenvalue weighted by molar-refractivity contribution is 5.86. The minimum absolute atomic E-state index is 0.170. The number of amides is 3. The average Bonchev–Trinajstić information content (AvgIpc) is 2.57. The Balaban J connectivity index is 2.58. The molecule has 1 aliphatic rings. The number of aliphatic hydroxyl groups is 1. The third kappa shape index (κ3) is 2.82. The molecule has 0 bridgehead atoms. The lowest BCUT2D eigenvalue weighted by Crippen LogP contribution is -2.48. The lowest BCUT2D eigenvalue weighted by molar-refractivity contribution is -0.121. The number of nitrogens with zero attached hydrogens (tertiary/aromatic N) is 1. The first-order chi connectivity index (χ1) is 7.06. The minimum atomic E-state index is -0.683. The Hall–Kier alpha value is -1.30. The van der Waals surface area contributed by atoms with Crippen molar-refractivity contribution >= 4 is 11.9 Å². The summed E-state index contributed by atoms with van der Waals surface area (Å²) in [5.74, 6) is -0.571. The second-order valence-corrected chi connectivity index (χ2v) is 3.69. The van der Waals surface area contributed by atoms with Gasteiger partial charge in [-0.1, -0.05) is 6.92 Å². The molecular formula is C9H17N3O3. The summed E-state index contributed by atoms with van der Waals surface area (Å²) in [6.07, 6.45) is 0.396. The summed E-state index contributed by atoms with van der Waals surface area (Å²) in [5, 5.41) is 12.0. The zero-order chi connectivity index (χ0) is 11.4. The molecule has 2 atom stereocenters. The van der Waals surface area contributed by atoms with E-state index in [0.717, 1.165) is 6.42 Å². The Morgan fingerprint density at radius 2 is 2.27 bits per heavy atom. The highest BCUT2D eigenvalue weighted by Gasteiger charge is 2.37. The van der Waals surface area contributed by atoms with E-state index in [9.17, 15) is 14.7 Å². The van der Waals surface area contributed by atoms with Gasteiger partial charge in [-0.05, 0) is 6.42 Å². The van der Waals surface area contributed by atoms with Crippen LogP contribution in [0.1, 0.15) is 19.8 Å². The van der Waals surface area contributed by atoms with Gasteiger partial charge in [-0.3, -0.25) is 4.79 Å². The van der Waals surface area contributed by atoms with E-state index in [1.165, 1.54) is 4.90 Å². The van der Waals surface area contributed by atoms with Gasteiger partial charge in [0.15, 0.2) is 0 Å². The van der Waals surface area contributed by atoms with Crippen molar-refractivity contribution in [2.45, 2.75) is 31.9 Å². The maximum absolute atomic E-state index is 11.6. The molecule has 6 nitrogen and oxygen atoms in total. The van der Waals surface area contributed by atoms with Crippen LogP contribution in [0.15, 0.2) is 0 Å². The van der Waals surface area contributed by atoms with Crippen molar-refractivity contribution in [1.29, 1.82) is 0 Å². The van der Waals surface area contributed by atoms with Gasteiger partial charge >= 0.3 is 6.03 Å². The molecule has 6 heteroatoms. The van der Waals surface area contributed by atoms with Crippen LogP contribution >= 0.6 is 0 Å². The molecule has 1 saturated heterocycles. The number of carbonyl (C=O) groups is 2. The fraction of sp³-hybridized carbons (Fsp3) is 0.778. The predicted molar refractivity (Wildman–Crippen MR) is 54.0 cm³/mol. The van der Waals surface area contributed by atoms with Crippen LogP contribution in [-0.2, 0) is 4.79 Å². The second-order valence-electron chi connectivity index (χ2n) is 3.69. The standard InChI is InChI=1S/C9H17N3O3/c1-2-3-11-9(15)12-5-6(13)4-7(12)8(10)14/h6-7,13H,2-5H2,1H3,(H2,10,14)(H,11,15)/t6-,7+/m0/s1. The first-order valence-electron chi connectivity index (χ1n) is 5.08. The van der Waals surface area contributed by atoms with E-state index in [4.69, 9.17) is 5.73 Å². The molecule has 0 aromatic heterocycles. The van der Waals surface area contributed by atoms with Gasteiger partial charge < -0.3 is 21.1 Å². The van der Waals surface area contributed by atoms with Gasteiger partial charge in [0.05, 0.1) is 6.10 Å². The van der Waals surface area contributed by atoms with Crippen LogP contribution in [0.4, 0.5) is 4.79 Å². The Labute approximate surface area is 88.4 Å². The highest BCUT2D eigenvalue weighted by atomic mass is 16.3. The van der Waals surface area contributed by atoms with Crippen molar-refractivity contribution in [1.82, 2.24) is 10.2 Å². The summed E-state index contributed by atoms with van der Waals surface area (Å²) < 4.78 is 0. The number of aliphatic hydroxyl groups excluding tert-OH is 1. The van der Waals surface area contributed by atoms with E-state index in [-0.39, 0.29) is 19.0 Å². The zero-order valence-corrected chi connectivity index (χ0v) is 8.77. The molecule has 1 heterocycles. The maximum atomic E-state index is 11.6. The number of nitrogens with one attached hydrogen (secondary N) is 1. The zero-order valence-electron chi connectivity index (χ0n) is 8.77. The van der Waals surface area contributed by atoms with Crippen LogP contribution in [0, 0.1) is 0 Å². The first-order valence-corrected chi connectivity index (χ1v) is 5.08. The molecule has 0 unspecified atom stereocenters. The van der Waals surface area contributed by atoms with Crippen LogP contribution in [-0.4, -0.2) is 47.2 Å². The molecule has 0 radical (unpaired) electrons. The number of hydrogen-bond acceptors (Lipinski definition) is 3. The van der Waals surface area contributed by atoms with Gasteiger partial charge in [-0.25, -0.2) is 4.79 Å². The number of carbonyl (C=O) groups excluding carboxylic acids is 2. The van der Waals surface area contributed by atoms with Crippen LogP contribution in [0.3, 0.4) is 0 Å². The number of likely N-dealkylation sites (tertiary alicyclic amines) is 1. The fourth-order valence-corrected chi connectivity index (χ4v) is 1.64. The monoisotopic (exact) mass is 215 g/mol. The van der Waals surface area contributed by atoms with Crippen molar-refractivity contribution in [2.24, 2.45) is 5.73 Å². The van der Waals surface area contributed by atoms with Crippen LogP contribution < -0.4 is 11.1 Å². The SMILES string of the molecule is CCCNC(=O)N1C[C@@H](O)C[C@@H]1C(N)=O. The molecule has 3 amide bonds. The Morgan fingerprint density at radius 1 is 1.60 bits per heavy atom. The van der Waals surface area contributed by atoms with Gasteiger partial charge in [0.2, 0.25) is 5.91 Å². The second kappa shape index (κ2) is 4.97. The van der Waals surface area contributed by atoms with Crippen LogP contribution in [0.25, 0.3) is 0 Å². The number of nitrogens with two attached hydrogens (primary N) is 1. The lowest BCUT2D eigenvalue weighted by atomic mass is 10.2. The van der Waals surface area contributed by atoms with E-state index in [2.05, 4.69) is 5.32 Å². The molecule has 1 aliphatic heterocycles. The van der Waals surface area contributed by atoms with Crippen molar-refractivity contribution < 1.29 is 14.7 Å². The average molecular weight is 215 g/mol. The Morgan fingerprint density at radius 3 is 2.80 bits per heavy atom. The largest absolute Gasteiger partial charge is 0.391 e. The maximum Gasteiger partial charge on any atom is 0.318 e. The van der Waals surface area contributed by atoms with E-state index in [1.54, 1.807) is 0 Å². The van der Waals surface area contributed by atoms with Gasteiger partial charge in [0, 0.05) is 19.5 Å². The Bertz CT molecular complexity index is 257. The van der Waals surface area contributed by atoms with E-state index in [1.807, 2.05) is 6.92 Å². The van der Waals surface area contributed by atoms with Gasteiger partial charge in [-0.15, -0.1) is 0 Å². The summed E-state index contributed by atoms with van der Waals surface area (Å²) in [6.45, 7) is 2.66. The van der Waals surface area contributed by atoms with Gasteiger partial charge in [0.1, 0.15) is 6.04 Å². The Kier molecular flexibility index (Phi) is 3.90. The number of rotatable bonds is 3. The number of primary amides is 1. The molecule has 1 rings (SSSR count). The smallest absolute Gasteiger partial charge is 0.318 e. The van der Waals surface area contributed by atoms with Crippen molar-refractivity contribution in [3.63, 3.8) is 0 Å². The van der Waals surface area contributed by atoms with Crippen LogP contribution in [0.5, 0.6) is 0 Å². The highest BCUT2D eigenvalue weighted by Crippen LogP contribution is 2.17. The number of urea groups is 1. The van der Waals surface area contributed by atoms with E-state index >= 15 is 0 Å². The normalized spacial score (nSPS) is 25.3. The molecule has 0 aliphatic carbocycles. The number of hydrogen-bond donors (Lipinski definition) is 3. The van der Waals surface area contributed by atoms with Crippen molar-refractivity contribution in [3.8, 4) is 0 Å². The molecule has 0 saturated carbocycles. The third-order valence-electron chi connectivity index (χ3n) is 2.39. The molecule has 86 valence electrons. The molecule has 4 N–H and O–H groups in total. The van der Waals surface area contributed by atoms with Crippen molar-refractivity contribution in [2.75, 3.05) is 13.1 Å². The first kappa shape index (κ1) is 11.8. The molecule has 0 aromatic carbocycles. The number of β-amino-alcohol motifs (C(OH)–C–C–N with tert-alkyl or cyclic N) is 1. The van der Waals surface area contributed by atoms with Crippen LogP contribution in [0.2, 0.25) is 0 Å². The topological polar surface area (TPSA) is 95.7 Å². The summed E-state index contributed by atoms with van der Waals surface area (Å²) in [5.41, 5.74) is 5.15. The molecule has 0 spiro atoms. The summed E-state index contributed by atoms with van der Waals surface area (Å²) in [7, 11) is 0. The van der Waals surface area contributed by atoms with Crippen molar-refractivity contribution in [3.05, 3.63) is 0 Å². The van der Waals surface area contributed by atoms with E-state index < -0.39 is 18.1 Å². The summed E-state index contributed by atoms with van der Waals surface area (Å²) >= 11 is 0. The molecular weight excluding hydrogens is 198 g/mol. The predicted octanol–water partition coefficient (Wildman–Crippen LogP) is -0.973. The molecule has 15 heavy (non-hydrogen) atoms. The van der Waals surface area contributed by atoms with Gasteiger partial charge in [0.25, 0.3) is 0 Å². The molecule has 0 aromatic rings. The minimum Gasteiger partial charge on any atom is -0.391 e. The summed E-state index contributed by atoms with van der Waals surface area (Å²) in [6, 6.07) is -1.02. The summed E-state index contributed by atoms with van der Waals surface area (Å²) in [4.78, 5) is 23.9. The fourth-order valence-electron chi connectivity index (χ4n) is 1.64. The third-order valence-corrected chi connectivity index (χ3v) is 2.39. The van der Waals surface area contributed by atoms with Gasteiger partial charge in [-0.2, -0.15) is 0 Å². The quantitative estimate of drug-likeness (QED) is 0.565. The van der Waals surface area contributed by atoms with E-state index in [0.29, 0.717) is 6.54 Å². The lowest BCUT2D eigenvalue weighted by Gasteiger charge is -2.21. The molecule has 1 fully saturated rings.